The number of carboxylic acids is 1. The predicted molar refractivity (Wildman–Crippen MR) is 171 cm³/mol. The van der Waals surface area contributed by atoms with E-state index in [9.17, 15) is 35.9 Å². The largest absolute Gasteiger partial charge is 0.481 e. The third-order valence-corrected chi connectivity index (χ3v) is 8.13. The summed E-state index contributed by atoms with van der Waals surface area (Å²) >= 11 is 0. The first-order valence-corrected chi connectivity index (χ1v) is 15.8. The Hall–Kier alpha value is -4.83. The van der Waals surface area contributed by atoms with Crippen molar-refractivity contribution in [2.24, 2.45) is 0 Å². The molecule has 0 unspecified atom stereocenters. The fraction of sp³-hybridized carbons (Fsp3) is 0.485. The van der Waals surface area contributed by atoms with E-state index in [1.165, 1.54) is 18.2 Å². The van der Waals surface area contributed by atoms with E-state index in [0.29, 0.717) is 61.3 Å². The maximum Gasteiger partial charge on any atom is 0.416 e. The van der Waals surface area contributed by atoms with Crippen molar-refractivity contribution in [2.45, 2.75) is 76.3 Å². The van der Waals surface area contributed by atoms with Crippen LogP contribution in [0, 0.1) is 0 Å². The van der Waals surface area contributed by atoms with Gasteiger partial charge in [0, 0.05) is 39.0 Å². The van der Waals surface area contributed by atoms with Crippen LogP contribution >= 0.6 is 0 Å². The standard InChI is InChI=1S/C33H38F6N6O5/c1-5-22-17-24(29-25(10-11-27(43-29)49-4)45(22)31(48)50-12-8-6-7-9-28(46)47)42-30-40-18-26(44(2)3)23(41-30)15-19-13-20(32(34,35)36)16-21(14-19)33(37,38)39/h10-11,13-14,16,18,22,24H,5-9,12,15,17H2,1-4H3,(H,46,47)(H,40,41,42)/t22-,24+/m1/s1. The second-order valence-electron chi connectivity index (χ2n) is 12.0. The van der Waals surface area contributed by atoms with Crippen LogP contribution in [0.3, 0.4) is 0 Å². The SMILES string of the molecule is CC[C@@H]1C[C@H](Nc2ncc(N(C)C)c(Cc3cc(C(F)(F)F)cc(C(F)(F)F)c3)n2)c2nc(OC)ccc2N1C(=O)OCCCCCC(=O)O. The van der Waals surface area contributed by atoms with Crippen molar-refractivity contribution in [1.82, 2.24) is 15.0 Å². The van der Waals surface area contributed by atoms with Crippen molar-refractivity contribution in [3.05, 3.63) is 64.6 Å². The summed E-state index contributed by atoms with van der Waals surface area (Å²) in [5.74, 6) is -0.595. The number of nitrogens with one attached hydrogen (secondary N) is 1. The van der Waals surface area contributed by atoms with Crippen molar-refractivity contribution < 1.29 is 50.5 Å². The number of halogens is 6. The van der Waals surface area contributed by atoms with Gasteiger partial charge in [0.1, 0.15) is 0 Å². The summed E-state index contributed by atoms with van der Waals surface area (Å²) in [5.41, 5.74) is -1.69. The van der Waals surface area contributed by atoms with E-state index in [2.05, 4.69) is 20.3 Å². The van der Waals surface area contributed by atoms with Crippen molar-refractivity contribution in [1.29, 1.82) is 0 Å². The molecule has 2 N–H and O–H groups in total. The monoisotopic (exact) mass is 712 g/mol. The second-order valence-corrected chi connectivity index (χ2v) is 12.0. The molecule has 1 aliphatic rings. The topological polar surface area (TPSA) is 130 Å². The van der Waals surface area contributed by atoms with Gasteiger partial charge in [-0.2, -0.15) is 26.3 Å². The summed E-state index contributed by atoms with van der Waals surface area (Å²) in [4.78, 5) is 40.7. The zero-order valence-electron chi connectivity index (χ0n) is 27.9. The molecule has 0 bridgehead atoms. The van der Waals surface area contributed by atoms with Crippen LogP contribution < -0.4 is 19.9 Å². The second kappa shape index (κ2) is 15.8. The molecule has 2 atom stereocenters. The summed E-state index contributed by atoms with van der Waals surface area (Å²) < 4.78 is 92.3. The third kappa shape index (κ3) is 9.44. The minimum absolute atomic E-state index is 0.0283. The van der Waals surface area contributed by atoms with Crippen molar-refractivity contribution in [3.8, 4) is 5.88 Å². The fourth-order valence-corrected chi connectivity index (χ4v) is 5.67. The lowest BCUT2D eigenvalue weighted by Gasteiger charge is -2.39. The van der Waals surface area contributed by atoms with Gasteiger partial charge in [-0.05, 0) is 61.9 Å². The number of hydrogen-bond donors (Lipinski definition) is 2. The number of pyridine rings is 1. The van der Waals surface area contributed by atoms with E-state index in [1.54, 1.807) is 31.1 Å². The molecule has 0 radical (unpaired) electrons. The average Bonchev–Trinajstić information content (AvgIpc) is 3.04. The molecule has 272 valence electrons. The van der Waals surface area contributed by atoms with Gasteiger partial charge in [0.25, 0.3) is 0 Å². The maximum atomic E-state index is 13.6. The minimum Gasteiger partial charge on any atom is -0.481 e. The molecular formula is C33H38F6N6O5. The molecule has 4 rings (SSSR count). The van der Waals surface area contributed by atoms with Crippen LogP contribution in [-0.4, -0.2) is 66.0 Å². The first-order valence-electron chi connectivity index (χ1n) is 15.8. The van der Waals surface area contributed by atoms with Gasteiger partial charge in [-0.25, -0.2) is 19.7 Å². The Balaban J connectivity index is 1.64. The molecule has 0 saturated heterocycles. The molecule has 3 heterocycles. The summed E-state index contributed by atoms with van der Waals surface area (Å²) in [6, 6.07) is 3.72. The quantitative estimate of drug-likeness (QED) is 0.136. The Bertz CT molecular complexity index is 1640. The Morgan fingerprint density at radius 2 is 1.70 bits per heavy atom. The molecule has 50 heavy (non-hydrogen) atoms. The minimum atomic E-state index is -5.00. The number of methoxy groups -OCH3 is 1. The third-order valence-electron chi connectivity index (χ3n) is 8.13. The summed E-state index contributed by atoms with van der Waals surface area (Å²) in [5, 5.41) is 12.0. The summed E-state index contributed by atoms with van der Waals surface area (Å²) in [6.07, 6.45) is -7.17. The zero-order chi connectivity index (χ0) is 36.8. The van der Waals surface area contributed by atoms with Gasteiger partial charge in [0.2, 0.25) is 11.8 Å². The van der Waals surface area contributed by atoms with Gasteiger partial charge >= 0.3 is 24.4 Å². The Kier molecular flexibility index (Phi) is 12.0. The lowest BCUT2D eigenvalue weighted by molar-refractivity contribution is -0.143. The van der Waals surface area contributed by atoms with Gasteiger partial charge in [0.05, 0.1) is 59.8 Å². The summed E-state index contributed by atoms with van der Waals surface area (Å²) in [7, 11) is 4.72. The first kappa shape index (κ1) is 38.0. The van der Waals surface area contributed by atoms with Crippen LogP contribution in [-0.2, 0) is 28.3 Å². The predicted octanol–water partition coefficient (Wildman–Crippen LogP) is 7.50. The molecule has 1 aromatic carbocycles. The Morgan fingerprint density at radius 1 is 1.02 bits per heavy atom. The molecule has 0 saturated carbocycles. The van der Waals surface area contributed by atoms with Crippen molar-refractivity contribution in [3.63, 3.8) is 0 Å². The molecule has 0 aliphatic carbocycles. The zero-order valence-corrected chi connectivity index (χ0v) is 27.9. The lowest BCUT2D eigenvalue weighted by atomic mass is 9.93. The van der Waals surface area contributed by atoms with Gasteiger partial charge in [0.15, 0.2) is 0 Å². The average molecular weight is 713 g/mol. The van der Waals surface area contributed by atoms with Gasteiger partial charge in [-0.3, -0.25) is 9.69 Å². The van der Waals surface area contributed by atoms with E-state index in [-0.39, 0.29) is 54.6 Å². The number of nitrogens with zero attached hydrogens (tertiary/aromatic N) is 5. The number of aliphatic carboxylic acids is 1. The van der Waals surface area contributed by atoms with E-state index < -0.39 is 41.6 Å². The van der Waals surface area contributed by atoms with Crippen LogP contribution in [0.4, 0.5) is 48.5 Å². The maximum absolute atomic E-state index is 13.6. The number of benzene rings is 1. The van der Waals surface area contributed by atoms with Crippen LogP contribution in [0.1, 0.15) is 79.6 Å². The highest BCUT2D eigenvalue weighted by Gasteiger charge is 2.39. The number of hydrogen-bond acceptors (Lipinski definition) is 9. The number of carbonyl (C=O) groups excluding carboxylic acids is 1. The Morgan fingerprint density at radius 3 is 2.28 bits per heavy atom. The summed E-state index contributed by atoms with van der Waals surface area (Å²) in [6.45, 7) is 1.98. The van der Waals surface area contributed by atoms with Gasteiger partial charge in [-0.15, -0.1) is 0 Å². The highest BCUT2D eigenvalue weighted by atomic mass is 19.4. The van der Waals surface area contributed by atoms with Crippen molar-refractivity contribution >= 4 is 29.4 Å². The molecule has 17 heteroatoms. The van der Waals surface area contributed by atoms with Crippen LogP contribution in [0.25, 0.3) is 0 Å². The molecule has 0 fully saturated rings. The fourth-order valence-electron chi connectivity index (χ4n) is 5.67. The number of carbonyl (C=O) groups is 2. The smallest absolute Gasteiger partial charge is 0.416 e. The van der Waals surface area contributed by atoms with E-state index in [4.69, 9.17) is 14.6 Å². The molecule has 3 aromatic rings. The Labute approximate surface area is 284 Å². The number of anilines is 3. The first-order chi connectivity index (χ1) is 23.5. The molecule has 2 aromatic heterocycles. The highest BCUT2D eigenvalue weighted by Crippen LogP contribution is 2.41. The van der Waals surface area contributed by atoms with Crippen LogP contribution in [0.15, 0.2) is 36.5 Å². The molecule has 0 spiro atoms. The number of alkyl halides is 6. The number of carboxylic acid groups (broad SMARTS) is 1. The van der Waals surface area contributed by atoms with E-state index in [1.807, 2.05) is 6.92 Å². The molecular weight excluding hydrogens is 674 g/mol. The highest BCUT2D eigenvalue weighted by molar-refractivity contribution is 5.90. The number of rotatable bonds is 13. The molecule has 1 amide bonds. The molecule has 11 nitrogen and oxygen atoms in total. The van der Waals surface area contributed by atoms with E-state index >= 15 is 0 Å². The number of ether oxygens (including phenoxy) is 2. The lowest BCUT2D eigenvalue weighted by Crippen LogP contribution is -2.46. The number of aromatic nitrogens is 3. The van der Waals surface area contributed by atoms with E-state index in [0.717, 1.165) is 0 Å². The number of unbranched alkanes of at least 4 members (excludes halogenated alkanes) is 2. The number of amides is 1. The van der Waals surface area contributed by atoms with Crippen LogP contribution in [0.2, 0.25) is 0 Å². The van der Waals surface area contributed by atoms with Gasteiger partial charge < -0.3 is 24.8 Å². The number of fused-ring (bicyclic) bond motifs is 1. The van der Waals surface area contributed by atoms with Gasteiger partial charge in [-0.1, -0.05) is 6.92 Å². The van der Waals surface area contributed by atoms with Crippen LogP contribution in [0.5, 0.6) is 5.88 Å². The molecule has 1 aliphatic heterocycles. The normalized spacial score (nSPS) is 16.1. The van der Waals surface area contributed by atoms with Crippen molar-refractivity contribution in [2.75, 3.05) is 42.9 Å².